The van der Waals surface area contributed by atoms with Crippen LogP contribution in [-0.2, 0) is 4.79 Å². The fourth-order valence-corrected chi connectivity index (χ4v) is 2.89. The first kappa shape index (κ1) is 12.9. The minimum absolute atomic E-state index is 0.0773. The Kier molecular flexibility index (Phi) is 3.56. The third kappa shape index (κ3) is 2.60. The number of thioether (sulfide) groups is 1. The summed E-state index contributed by atoms with van der Waals surface area (Å²) in [6.45, 7) is 2.03. The van der Waals surface area contributed by atoms with Crippen molar-refractivity contribution in [2.45, 2.75) is 6.92 Å². The molecule has 0 saturated carbocycles. The van der Waals surface area contributed by atoms with E-state index in [0.717, 1.165) is 16.5 Å². The lowest BCUT2D eigenvalue weighted by Gasteiger charge is -2.16. The number of anilines is 1. The second-order valence-corrected chi connectivity index (χ2v) is 5.53. The standard InChI is InChI=1S/C16H14N2OS/c1-12-7-9-14(10-8-12)18-15(19)11-20-16(18)17-13-5-3-2-4-6-13/h2-10H,11H2,1H3. The normalized spacial score (nSPS) is 16.9. The van der Waals surface area contributed by atoms with Crippen molar-refractivity contribution in [1.82, 2.24) is 0 Å². The Morgan fingerprint density at radius 3 is 2.45 bits per heavy atom. The second kappa shape index (κ2) is 5.51. The minimum Gasteiger partial charge on any atom is -0.273 e. The number of benzene rings is 2. The third-order valence-corrected chi connectivity index (χ3v) is 3.96. The predicted molar refractivity (Wildman–Crippen MR) is 84.7 cm³/mol. The van der Waals surface area contributed by atoms with Gasteiger partial charge in [-0.05, 0) is 31.2 Å². The molecule has 100 valence electrons. The SMILES string of the molecule is Cc1ccc(N2C(=O)CSC2=Nc2ccccc2)cc1. The lowest BCUT2D eigenvalue weighted by molar-refractivity contribution is -0.115. The average molecular weight is 282 g/mol. The molecule has 0 aromatic heterocycles. The molecular formula is C16H14N2OS. The van der Waals surface area contributed by atoms with Crippen LogP contribution in [-0.4, -0.2) is 16.8 Å². The van der Waals surface area contributed by atoms with E-state index < -0.39 is 0 Å². The van der Waals surface area contributed by atoms with Gasteiger partial charge in [-0.2, -0.15) is 0 Å². The van der Waals surface area contributed by atoms with E-state index in [-0.39, 0.29) is 5.91 Å². The number of para-hydroxylation sites is 1. The fourth-order valence-electron chi connectivity index (χ4n) is 2.01. The lowest BCUT2D eigenvalue weighted by Crippen LogP contribution is -2.29. The van der Waals surface area contributed by atoms with Crippen LogP contribution >= 0.6 is 11.8 Å². The van der Waals surface area contributed by atoms with E-state index in [1.54, 1.807) is 4.90 Å². The molecule has 3 rings (SSSR count). The molecule has 1 saturated heterocycles. The molecule has 3 nitrogen and oxygen atoms in total. The van der Waals surface area contributed by atoms with E-state index in [0.29, 0.717) is 5.75 Å². The van der Waals surface area contributed by atoms with Crippen LogP contribution in [0.4, 0.5) is 11.4 Å². The van der Waals surface area contributed by atoms with Gasteiger partial charge in [0.05, 0.1) is 17.1 Å². The summed E-state index contributed by atoms with van der Waals surface area (Å²) in [7, 11) is 0. The molecule has 20 heavy (non-hydrogen) atoms. The smallest absolute Gasteiger partial charge is 0.243 e. The number of nitrogens with zero attached hydrogens (tertiary/aromatic N) is 2. The van der Waals surface area contributed by atoms with Gasteiger partial charge in [-0.1, -0.05) is 47.7 Å². The molecule has 0 spiro atoms. The highest BCUT2D eigenvalue weighted by atomic mass is 32.2. The first-order valence-electron chi connectivity index (χ1n) is 6.40. The van der Waals surface area contributed by atoms with Crippen molar-refractivity contribution >= 4 is 34.2 Å². The highest BCUT2D eigenvalue weighted by Crippen LogP contribution is 2.28. The summed E-state index contributed by atoms with van der Waals surface area (Å²) in [5.41, 5.74) is 2.91. The number of rotatable bonds is 2. The largest absolute Gasteiger partial charge is 0.273 e. The average Bonchev–Trinajstić information content (AvgIpc) is 2.82. The molecule has 1 aliphatic rings. The maximum atomic E-state index is 12.1. The topological polar surface area (TPSA) is 32.7 Å². The highest BCUT2D eigenvalue weighted by molar-refractivity contribution is 8.15. The van der Waals surface area contributed by atoms with E-state index in [1.807, 2.05) is 61.5 Å². The molecule has 2 aromatic carbocycles. The Balaban J connectivity index is 1.97. The van der Waals surface area contributed by atoms with Crippen molar-refractivity contribution in [1.29, 1.82) is 0 Å². The van der Waals surface area contributed by atoms with Gasteiger partial charge in [0, 0.05) is 0 Å². The van der Waals surface area contributed by atoms with Crippen LogP contribution in [0, 0.1) is 6.92 Å². The Hall–Kier alpha value is -2.07. The molecule has 0 unspecified atom stereocenters. The van der Waals surface area contributed by atoms with Crippen molar-refractivity contribution < 1.29 is 4.79 Å². The van der Waals surface area contributed by atoms with Crippen molar-refractivity contribution in [3.05, 3.63) is 60.2 Å². The molecule has 1 heterocycles. The summed E-state index contributed by atoms with van der Waals surface area (Å²) >= 11 is 1.48. The van der Waals surface area contributed by atoms with E-state index in [4.69, 9.17) is 0 Å². The van der Waals surface area contributed by atoms with Crippen LogP contribution in [0.2, 0.25) is 0 Å². The number of amides is 1. The maximum absolute atomic E-state index is 12.1. The lowest BCUT2D eigenvalue weighted by atomic mass is 10.2. The van der Waals surface area contributed by atoms with Crippen LogP contribution in [0.1, 0.15) is 5.56 Å². The molecule has 1 fully saturated rings. The molecular weight excluding hydrogens is 268 g/mol. The van der Waals surface area contributed by atoms with Gasteiger partial charge in [0.25, 0.3) is 0 Å². The summed E-state index contributed by atoms with van der Waals surface area (Å²) in [6.07, 6.45) is 0. The number of aliphatic imine (C=N–C) groups is 1. The molecule has 0 radical (unpaired) electrons. The number of carbonyl (C=O) groups is 1. The molecule has 0 N–H and O–H groups in total. The van der Waals surface area contributed by atoms with Gasteiger partial charge in [-0.25, -0.2) is 4.99 Å². The zero-order chi connectivity index (χ0) is 13.9. The maximum Gasteiger partial charge on any atom is 0.243 e. The quantitative estimate of drug-likeness (QED) is 0.840. The molecule has 1 aliphatic heterocycles. The van der Waals surface area contributed by atoms with Gasteiger partial charge in [0.15, 0.2) is 5.17 Å². The van der Waals surface area contributed by atoms with E-state index in [1.165, 1.54) is 17.3 Å². The van der Waals surface area contributed by atoms with Crippen LogP contribution in [0.25, 0.3) is 0 Å². The molecule has 1 amide bonds. The van der Waals surface area contributed by atoms with Gasteiger partial charge in [-0.15, -0.1) is 0 Å². The van der Waals surface area contributed by atoms with Gasteiger partial charge in [0.2, 0.25) is 5.91 Å². The van der Waals surface area contributed by atoms with E-state index >= 15 is 0 Å². The van der Waals surface area contributed by atoms with Crippen LogP contribution in [0.15, 0.2) is 59.6 Å². The first-order valence-corrected chi connectivity index (χ1v) is 7.39. The van der Waals surface area contributed by atoms with Crippen molar-refractivity contribution in [2.75, 3.05) is 10.7 Å². The van der Waals surface area contributed by atoms with Crippen molar-refractivity contribution in [3.63, 3.8) is 0 Å². The van der Waals surface area contributed by atoms with E-state index in [2.05, 4.69) is 4.99 Å². The van der Waals surface area contributed by atoms with Crippen LogP contribution in [0.5, 0.6) is 0 Å². The Labute approximate surface area is 122 Å². The predicted octanol–water partition coefficient (Wildman–Crippen LogP) is 3.76. The summed E-state index contributed by atoms with van der Waals surface area (Å²) in [4.78, 5) is 18.3. The Morgan fingerprint density at radius 1 is 1.05 bits per heavy atom. The van der Waals surface area contributed by atoms with Crippen molar-refractivity contribution in [2.24, 2.45) is 4.99 Å². The summed E-state index contributed by atoms with van der Waals surface area (Å²) in [6, 6.07) is 17.6. The first-order chi connectivity index (χ1) is 9.74. The van der Waals surface area contributed by atoms with Gasteiger partial charge in [-0.3, -0.25) is 9.69 Å². The summed E-state index contributed by atoms with van der Waals surface area (Å²) in [5.74, 6) is 0.521. The number of aryl methyl sites for hydroxylation is 1. The van der Waals surface area contributed by atoms with Crippen molar-refractivity contribution in [3.8, 4) is 0 Å². The van der Waals surface area contributed by atoms with Crippen LogP contribution in [0.3, 0.4) is 0 Å². The molecule has 0 bridgehead atoms. The third-order valence-electron chi connectivity index (χ3n) is 3.04. The Morgan fingerprint density at radius 2 is 1.75 bits per heavy atom. The number of amidine groups is 1. The number of hydrogen-bond acceptors (Lipinski definition) is 3. The van der Waals surface area contributed by atoms with Gasteiger partial charge >= 0.3 is 0 Å². The number of hydrogen-bond donors (Lipinski definition) is 0. The van der Waals surface area contributed by atoms with Gasteiger partial charge in [0.1, 0.15) is 0 Å². The van der Waals surface area contributed by atoms with Crippen LogP contribution < -0.4 is 4.90 Å². The zero-order valence-electron chi connectivity index (χ0n) is 11.1. The molecule has 0 atom stereocenters. The Bertz CT molecular complexity index is 650. The van der Waals surface area contributed by atoms with Gasteiger partial charge < -0.3 is 0 Å². The minimum atomic E-state index is 0.0773. The highest BCUT2D eigenvalue weighted by Gasteiger charge is 2.29. The zero-order valence-corrected chi connectivity index (χ0v) is 11.9. The molecule has 0 aliphatic carbocycles. The molecule has 2 aromatic rings. The monoisotopic (exact) mass is 282 g/mol. The van der Waals surface area contributed by atoms with E-state index in [9.17, 15) is 4.79 Å². The fraction of sp³-hybridized carbons (Fsp3) is 0.125. The number of carbonyl (C=O) groups excluding carboxylic acids is 1. The second-order valence-electron chi connectivity index (χ2n) is 4.58. The summed E-state index contributed by atoms with van der Waals surface area (Å²) < 4.78 is 0. The molecule has 4 heteroatoms. The summed E-state index contributed by atoms with van der Waals surface area (Å²) in [5, 5.41) is 0.741.